The van der Waals surface area contributed by atoms with Crippen molar-refractivity contribution < 1.29 is 4.92 Å². The lowest BCUT2D eigenvalue weighted by Gasteiger charge is -1.91. The van der Waals surface area contributed by atoms with Crippen LogP contribution in [-0.2, 0) is 0 Å². The number of aromatic nitrogens is 2. The molecule has 2 aromatic heterocycles. The van der Waals surface area contributed by atoms with Gasteiger partial charge in [-0.3, -0.25) is 10.1 Å². The summed E-state index contributed by atoms with van der Waals surface area (Å²) in [6.07, 6.45) is 3.26. The first-order valence-corrected chi connectivity index (χ1v) is 5.33. The van der Waals surface area contributed by atoms with Crippen molar-refractivity contribution in [1.82, 2.24) is 9.97 Å². The van der Waals surface area contributed by atoms with Crippen molar-refractivity contribution in [2.24, 2.45) is 5.11 Å². The maximum absolute atomic E-state index is 10.8. The molecule has 94 valence electrons. The van der Waals surface area contributed by atoms with E-state index in [2.05, 4.69) is 31.8 Å². The summed E-state index contributed by atoms with van der Waals surface area (Å²) in [6, 6.07) is 1.61. The minimum absolute atomic E-state index is 0.0276. The average Bonchev–Trinajstić information content (AvgIpc) is 2.81. The van der Waals surface area contributed by atoms with Gasteiger partial charge in [-0.15, -0.1) is 0 Å². The number of azide groups is 1. The van der Waals surface area contributed by atoms with Crippen LogP contribution in [0.4, 0.5) is 5.69 Å². The van der Waals surface area contributed by atoms with Crippen LogP contribution in [0.25, 0.3) is 21.5 Å². The molecule has 0 aliphatic rings. The van der Waals surface area contributed by atoms with Crippen molar-refractivity contribution in [2.45, 2.75) is 6.42 Å². The molecule has 0 saturated heterocycles. The molecule has 1 N–H and O–H groups in total. The van der Waals surface area contributed by atoms with E-state index in [9.17, 15) is 10.1 Å². The van der Waals surface area contributed by atoms with Crippen molar-refractivity contribution in [3.8, 4) is 11.8 Å². The summed E-state index contributed by atoms with van der Waals surface area (Å²) in [7, 11) is 0. The van der Waals surface area contributed by atoms with Crippen molar-refractivity contribution in [2.75, 3.05) is 6.54 Å². The molecule has 0 aliphatic carbocycles. The van der Waals surface area contributed by atoms with Gasteiger partial charge in [0.1, 0.15) is 5.65 Å². The zero-order valence-corrected chi connectivity index (χ0v) is 9.70. The molecule has 2 aromatic rings. The molecule has 0 spiro atoms. The Morgan fingerprint density at radius 1 is 1.63 bits per heavy atom. The third-order valence-corrected chi connectivity index (χ3v) is 2.34. The molecule has 0 fully saturated rings. The van der Waals surface area contributed by atoms with Crippen LogP contribution in [0.1, 0.15) is 12.0 Å². The summed E-state index contributed by atoms with van der Waals surface area (Å²) in [4.78, 5) is 19.7. The first kappa shape index (κ1) is 12.4. The quantitative estimate of drug-likeness (QED) is 0.173. The number of hydrogen-bond donors (Lipinski definition) is 1. The minimum atomic E-state index is -0.473. The van der Waals surface area contributed by atoms with E-state index in [0.29, 0.717) is 29.6 Å². The van der Waals surface area contributed by atoms with E-state index in [-0.39, 0.29) is 5.69 Å². The minimum Gasteiger partial charge on any atom is -0.340 e. The lowest BCUT2D eigenvalue weighted by atomic mass is 10.2. The van der Waals surface area contributed by atoms with Gasteiger partial charge >= 0.3 is 0 Å². The number of nitrogens with zero attached hydrogens (tertiary/aromatic N) is 5. The molecule has 0 bridgehead atoms. The highest BCUT2D eigenvalue weighted by atomic mass is 16.6. The molecule has 0 atom stereocenters. The topological polar surface area (TPSA) is 121 Å². The zero-order chi connectivity index (χ0) is 13.7. The SMILES string of the molecule is [N-]=[N+]=NCCC#Cc1cnc2[nH]cc([N+](=O)[O-])c2c1. The number of hydrogen-bond acceptors (Lipinski definition) is 4. The number of rotatable bonds is 3. The van der Waals surface area contributed by atoms with Gasteiger partial charge in [-0.25, -0.2) is 4.98 Å². The molecule has 0 unspecified atom stereocenters. The van der Waals surface area contributed by atoms with Gasteiger partial charge in [0.2, 0.25) is 0 Å². The maximum atomic E-state index is 10.8. The third-order valence-electron chi connectivity index (χ3n) is 2.34. The highest BCUT2D eigenvalue weighted by Gasteiger charge is 2.14. The highest BCUT2D eigenvalue weighted by Crippen LogP contribution is 2.23. The summed E-state index contributed by atoms with van der Waals surface area (Å²) in [6.45, 7) is 0.295. The summed E-state index contributed by atoms with van der Waals surface area (Å²) in [5, 5.41) is 14.6. The number of H-pyrrole nitrogens is 1. The second-order valence-electron chi connectivity index (χ2n) is 3.56. The average molecular weight is 256 g/mol. The molecule has 0 radical (unpaired) electrons. The van der Waals surface area contributed by atoms with Crippen molar-refractivity contribution in [1.29, 1.82) is 0 Å². The monoisotopic (exact) mass is 256 g/mol. The van der Waals surface area contributed by atoms with Crippen molar-refractivity contribution in [3.05, 3.63) is 44.6 Å². The van der Waals surface area contributed by atoms with Gasteiger partial charge in [-0.05, 0) is 11.6 Å². The van der Waals surface area contributed by atoms with Gasteiger partial charge in [0.25, 0.3) is 5.69 Å². The predicted octanol–water partition coefficient (Wildman–Crippen LogP) is 2.52. The summed E-state index contributed by atoms with van der Waals surface area (Å²) in [5.74, 6) is 5.63. The fourth-order valence-electron chi connectivity index (χ4n) is 1.52. The van der Waals surface area contributed by atoms with Gasteiger partial charge in [0, 0.05) is 29.6 Å². The van der Waals surface area contributed by atoms with E-state index in [1.54, 1.807) is 6.07 Å². The molecule has 19 heavy (non-hydrogen) atoms. The van der Waals surface area contributed by atoms with Crippen LogP contribution in [-0.4, -0.2) is 21.4 Å². The fraction of sp³-hybridized carbons (Fsp3) is 0.182. The molecule has 2 rings (SSSR count). The van der Waals surface area contributed by atoms with E-state index in [4.69, 9.17) is 5.53 Å². The molecular formula is C11H8N6O2. The zero-order valence-electron chi connectivity index (χ0n) is 9.70. The molecule has 0 amide bonds. The van der Waals surface area contributed by atoms with Crippen LogP contribution in [0, 0.1) is 22.0 Å². The third kappa shape index (κ3) is 2.80. The van der Waals surface area contributed by atoms with Crippen LogP contribution in [0.15, 0.2) is 23.6 Å². The molecule has 2 heterocycles. The van der Waals surface area contributed by atoms with Gasteiger partial charge in [-0.1, -0.05) is 17.0 Å². The molecule has 0 saturated carbocycles. The molecule has 8 nitrogen and oxygen atoms in total. The van der Waals surface area contributed by atoms with Crippen LogP contribution in [0.2, 0.25) is 0 Å². The van der Waals surface area contributed by atoms with Crippen LogP contribution >= 0.6 is 0 Å². The van der Waals surface area contributed by atoms with Gasteiger partial charge in [-0.2, -0.15) is 0 Å². The van der Waals surface area contributed by atoms with Crippen LogP contribution in [0.3, 0.4) is 0 Å². The maximum Gasteiger partial charge on any atom is 0.296 e. The smallest absolute Gasteiger partial charge is 0.296 e. The number of nitro groups is 1. The van der Waals surface area contributed by atoms with Crippen LogP contribution < -0.4 is 0 Å². The van der Waals surface area contributed by atoms with Gasteiger partial charge < -0.3 is 4.98 Å². The molecule has 8 heteroatoms. The van der Waals surface area contributed by atoms with E-state index in [1.807, 2.05) is 0 Å². The number of pyridine rings is 1. The standard InChI is InChI=1S/C11H8N6O2/c12-16-15-4-2-1-3-8-5-9-10(17(18)19)7-14-11(9)13-6-8/h5-7H,2,4H2,(H,13,14). The van der Waals surface area contributed by atoms with Crippen molar-refractivity contribution in [3.63, 3.8) is 0 Å². The Kier molecular flexibility index (Phi) is 3.61. The number of aromatic amines is 1. The molecule has 0 aromatic carbocycles. The summed E-state index contributed by atoms with van der Waals surface area (Å²) >= 11 is 0. The number of fused-ring (bicyclic) bond motifs is 1. The Morgan fingerprint density at radius 3 is 3.21 bits per heavy atom. The van der Waals surface area contributed by atoms with E-state index < -0.39 is 4.92 Å². The largest absolute Gasteiger partial charge is 0.340 e. The molecule has 0 aliphatic heterocycles. The Hall–Kier alpha value is -3.04. The Morgan fingerprint density at radius 2 is 2.47 bits per heavy atom. The van der Waals surface area contributed by atoms with Gasteiger partial charge in [0.15, 0.2) is 0 Å². The summed E-state index contributed by atoms with van der Waals surface area (Å²) < 4.78 is 0. The Bertz CT molecular complexity index is 732. The first-order chi connectivity index (χ1) is 9.22. The van der Waals surface area contributed by atoms with E-state index in [0.717, 1.165) is 0 Å². The summed E-state index contributed by atoms with van der Waals surface area (Å²) in [5.41, 5.74) is 9.10. The van der Waals surface area contributed by atoms with Gasteiger partial charge in [0.05, 0.1) is 16.5 Å². The molecular weight excluding hydrogens is 248 g/mol. The number of nitrogens with one attached hydrogen (secondary N) is 1. The lowest BCUT2D eigenvalue weighted by Crippen LogP contribution is -1.86. The van der Waals surface area contributed by atoms with Crippen molar-refractivity contribution >= 4 is 16.7 Å². The fourth-order valence-corrected chi connectivity index (χ4v) is 1.52. The predicted molar refractivity (Wildman–Crippen MR) is 68.3 cm³/mol. The normalized spacial score (nSPS) is 9.47. The Balaban J connectivity index is 2.27. The second kappa shape index (κ2) is 5.53. The van der Waals surface area contributed by atoms with E-state index >= 15 is 0 Å². The highest BCUT2D eigenvalue weighted by molar-refractivity contribution is 5.86. The van der Waals surface area contributed by atoms with Crippen LogP contribution in [0.5, 0.6) is 0 Å². The lowest BCUT2D eigenvalue weighted by molar-refractivity contribution is -0.383. The van der Waals surface area contributed by atoms with E-state index in [1.165, 1.54) is 12.4 Å². The first-order valence-electron chi connectivity index (χ1n) is 5.33. The Labute approximate surface area is 107 Å². The second-order valence-corrected chi connectivity index (χ2v) is 3.56.